The molecule has 0 aliphatic heterocycles. The van der Waals surface area contributed by atoms with Crippen molar-refractivity contribution in [2.24, 2.45) is 23.7 Å². The first-order chi connectivity index (χ1) is 5.79. The average molecular weight is 164 g/mol. The standard InChI is InChI=1S/C12H20/c1-9-7-8-11-5-3-4-6-12(11)10(9)2/h7-12H,3-6H2,1-2H3. The van der Waals surface area contributed by atoms with E-state index in [1.807, 2.05) is 0 Å². The van der Waals surface area contributed by atoms with Crippen LogP contribution in [0.5, 0.6) is 0 Å². The van der Waals surface area contributed by atoms with Gasteiger partial charge in [-0.25, -0.2) is 0 Å². The van der Waals surface area contributed by atoms with Crippen molar-refractivity contribution in [1.82, 2.24) is 0 Å². The number of hydrogen-bond acceptors (Lipinski definition) is 0. The minimum Gasteiger partial charge on any atom is -0.0851 e. The smallest absolute Gasteiger partial charge is 0.0202 e. The SMILES string of the molecule is CC1C=CC2CCCCC2C1C. The highest BCUT2D eigenvalue weighted by Gasteiger charge is 2.32. The molecule has 4 unspecified atom stereocenters. The van der Waals surface area contributed by atoms with Gasteiger partial charge in [0.05, 0.1) is 0 Å². The predicted molar refractivity (Wildman–Crippen MR) is 52.9 cm³/mol. The van der Waals surface area contributed by atoms with Gasteiger partial charge in [-0.2, -0.15) is 0 Å². The molecule has 0 aromatic carbocycles. The summed E-state index contributed by atoms with van der Waals surface area (Å²) in [5, 5.41) is 0. The molecule has 0 aromatic heterocycles. The first-order valence-corrected chi connectivity index (χ1v) is 5.47. The first kappa shape index (κ1) is 8.34. The minimum absolute atomic E-state index is 0.823. The minimum atomic E-state index is 0.823. The number of hydrogen-bond donors (Lipinski definition) is 0. The van der Waals surface area contributed by atoms with Crippen molar-refractivity contribution < 1.29 is 0 Å². The molecular weight excluding hydrogens is 144 g/mol. The summed E-state index contributed by atoms with van der Waals surface area (Å²) in [5.74, 6) is 3.70. The molecule has 0 amide bonds. The molecule has 1 fully saturated rings. The fourth-order valence-electron chi connectivity index (χ4n) is 2.96. The molecule has 0 N–H and O–H groups in total. The van der Waals surface area contributed by atoms with E-state index in [0.717, 1.165) is 23.7 Å². The Morgan fingerprint density at radius 1 is 1.00 bits per heavy atom. The van der Waals surface area contributed by atoms with Gasteiger partial charge in [0, 0.05) is 0 Å². The molecule has 2 aliphatic carbocycles. The lowest BCUT2D eigenvalue weighted by Crippen LogP contribution is -2.30. The topological polar surface area (TPSA) is 0 Å². The molecule has 2 rings (SSSR count). The van der Waals surface area contributed by atoms with Gasteiger partial charge >= 0.3 is 0 Å². The van der Waals surface area contributed by atoms with Crippen molar-refractivity contribution in [3.8, 4) is 0 Å². The van der Waals surface area contributed by atoms with Crippen molar-refractivity contribution in [3.05, 3.63) is 12.2 Å². The van der Waals surface area contributed by atoms with Crippen molar-refractivity contribution in [1.29, 1.82) is 0 Å². The fraction of sp³-hybridized carbons (Fsp3) is 0.833. The van der Waals surface area contributed by atoms with Crippen LogP contribution in [0.25, 0.3) is 0 Å². The van der Waals surface area contributed by atoms with Gasteiger partial charge in [0.25, 0.3) is 0 Å². The summed E-state index contributed by atoms with van der Waals surface area (Å²) in [6, 6.07) is 0. The van der Waals surface area contributed by atoms with E-state index in [0.29, 0.717) is 0 Å². The van der Waals surface area contributed by atoms with Gasteiger partial charge in [0.1, 0.15) is 0 Å². The van der Waals surface area contributed by atoms with Crippen LogP contribution in [0.15, 0.2) is 12.2 Å². The van der Waals surface area contributed by atoms with Crippen LogP contribution in [0.2, 0.25) is 0 Å². The Morgan fingerprint density at radius 2 is 1.75 bits per heavy atom. The molecule has 0 radical (unpaired) electrons. The molecule has 0 spiro atoms. The molecule has 4 atom stereocenters. The van der Waals surface area contributed by atoms with Crippen LogP contribution < -0.4 is 0 Å². The molecule has 0 bridgehead atoms. The maximum absolute atomic E-state index is 2.49. The second-order valence-corrected chi connectivity index (χ2v) is 4.72. The van der Waals surface area contributed by atoms with Crippen LogP contribution in [-0.2, 0) is 0 Å². The van der Waals surface area contributed by atoms with Gasteiger partial charge in [-0.3, -0.25) is 0 Å². The predicted octanol–water partition coefficient (Wildman–Crippen LogP) is 3.63. The molecule has 0 nitrogen and oxygen atoms in total. The summed E-state index contributed by atoms with van der Waals surface area (Å²) in [4.78, 5) is 0. The van der Waals surface area contributed by atoms with Crippen molar-refractivity contribution in [2.75, 3.05) is 0 Å². The lowest BCUT2D eigenvalue weighted by molar-refractivity contribution is 0.163. The third-order valence-electron chi connectivity index (χ3n) is 4.04. The Labute approximate surface area is 76.1 Å². The van der Waals surface area contributed by atoms with E-state index in [1.54, 1.807) is 0 Å². The van der Waals surface area contributed by atoms with Crippen molar-refractivity contribution in [3.63, 3.8) is 0 Å². The van der Waals surface area contributed by atoms with Crippen molar-refractivity contribution in [2.45, 2.75) is 39.5 Å². The van der Waals surface area contributed by atoms with Gasteiger partial charge in [-0.05, 0) is 36.5 Å². The number of allylic oxidation sites excluding steroid dienone is 2. The summed E-state index contributed by atoms with van der Waals surface area (Å²) in [5.41, 5.74) is 0. The van der Waals surface area contributed by atoms with Crippen LogP contribution in [0.4, 0.5) is 0 Å². The van der Waals surface area contributed by atoms with Gasteiger partial charge in [0.15, 0.2) is 0 Å². The molecule has 12 heavy (non-hydrogen) atoms. The second kappa shape index (κ2) is 3.24. The molecular formula is C12H20. The Morgan fingerprint density at radius 3 is 2.58 bits per heavy atom. The highest BCUT2D eigenvalue weighted by atomic mass is 14.4. The van der Waals surface area contributed by atoms with E-state index < -0.39 is 0 Å². The van der Waals surface area contributed by atoms with Crippen LogP contribution in [-0.4, -0.2) is 0 Å². The summed E-state index contributed by atoms with van der Waals surface area (Å²) < 4.78 is 0. The van der Waals surface area contributed by atoms with Gasteiger partial charge in [0.2, 0.25) is 0 Å². The van der Waals surface area contributed by atoms with Crippen LogP contribution in [0.3, 0.4) is 0 Å². The lowest BCUT2D eigenvalue weighted by Gasteiger charge is -2.39. The van der Waals surface area contributed by atoms with E-state index >= 15 is 0 Å². The third-order valence-corrected chi connectivity index (χ3v) is 4.04. The zero-order chi connectivity index (χ0) is 8.55. The van der Waals surface area contributed by atoms with E-state index in [9.17, 15) is 0 Å². The largest absolute Gasteiger partial charge is 0.0851 e. The van der Waals surface area contributed by atoms with E-state index in [1.165, 1.54) is 25.7 Å². The molecule has 0 aromatic rings. The number of rotatable bonds is 0. The zero-order valence-corrected chi connectivity index (χ0v) is 8.29. The van der Waals surface area contributed by atoms with Gasteiger partial charge < -0.3 is 0 Å². The fourth-order valence-corrected chi connectivity index (χ4v) is 2.96. The summed E-state index contributed by atoms with van der Waals surface area (Å²) in [6.07, 6.45) is 10.8. The monoisotopic (exact) mass is 164 g/mol. The van der Waals surface area contributed by atoms with E-state index in [2.05, 4.69) is 26.0 Å². The highest BCUT2D eigenvalue weighted by molar-refractivity contribution is 5.03. The second-order valence-electron chi connectivity index (χ2n) is 4.72. The highest BCUT2D eigenvalue weighted by Crippen LogP contribution is 2.42. The quantitative estimate of drug-likeness (QED) is 0.479. The summed E-state index contributed by atoms with van der Waals surface area (Å²) in [6.45, 7) is 4.81. The average Bonchev–Trinajstić information content (AvgIpc) is 2.12. The Kier molecular flexibility index (Phi) is 2.25. The third kappa shape index (κ3) is 1.32. The van der Waals surface area contributed by atoms with E-state index in [4.69, 9.17) is 0 Å². The van der Waals surface area contributed by atoms with E-state index in [-0.39, 0.29) is 0 Å². The van der Waals surface area contributed by atoms with Gasteiger partial charge in [-0.15, -0.1) is 0 Å². The lowest BCUT2D eigenvalue weighted by atomic mass is 9.66. The molecule has 0 saturated heterocycles. The molecule has 1 saturated carbocycles. The molecule has 0 heterocycles. The Balaban J connectivity index is 2.13. The summed E-state index contributed by atoms with van der Waals surface area (Å²) >= 11 is 0. The maximum Gasteiger partial charge on any atom is -0.0202 e. The van der Waals surface area contributed by atoms with Crippen LogP contribution >= 0.6 is 0 Å². The van der Waals surface area contributed by atoms with Gasteiger partial charge in [-0.1, -0.05) is 38.8 Å². The maximum atomic E-state index is 2.49. The normalized spacial score (nSPS) is 47.2. The molecule has 2 aliphatic rings. The molecule has 0 heteroatoms. The molecule has 68 valence electrons. The number of fused-ring (bicyclic) bond motifs is 1. The van der Waals surface area contributed by atoms with Crippen molar-refractivity contribution >= 4 is 0 Å². The van der Waals surface area contributed by atoms with Crippen LogP contribution in [0.1, 0.15) is 39.5 Å². The zero-order valence-electron chi connectivity index (χ0n) is 8.29. The Bertz CT molecular complexity index is 180. The first-order valence-electron chi connectivity index (χ1n) is 5.47. The summed E-state index contributed by atoms with van der Waals surface area (Å²) in [7, 11) is 0. The Hall–Kier alpha value is -0.260. The van der Waals surface area contributed by atoms with Crippen LogP contribution in [0, 0.1) is 23.7 Å².